The third-order valence-corrected chi connectivity index (χ3v) is 5.29. The van der Waals surface area contributed by atoms with Crippen molar-refractivity contribution in [2.45, 2.75) is 25.1 Å². The molecule has 0 N–H and O–H groups in total. The highest BCUT2D eigenvalue weighted by Gasteiger charge is 2.18. The first-order chi connectivity index (χ1) is 8.49. The van der Waals surface area contributed by atoms with Crippen LogP contribution in [0, 0.1) is 19.7 Å². The van der Waals surface area contributed by atoms with Crippen molar-refractivity contribution in [3.8, 4) is 0 Å². The Kier molecular flexibility index (Phi) is 4.41. The third kappa shape index (κ3) is 2.92. The summed E-state index contributed by atoms with van der Waals surface area (Å²) in [5, 5.41) is 1.49. The monoisotopic (exact) mass is 347 g/mol. The van der Waals surface area contributed by atoms with Gasteiger partial charge in [0.15, 0.2) is 0 Å². The Bertz CT molecular complexity index is 550. The molecule has 1 atom stereocenters. The number of halogens is 3. The van der Waals surface area contributed by atoms with Crippen LogP contribution in [0.2, 0.25) is 5.02 Å². The van der Waals surface area contributed by atoms with Gasteiger partial charge in [0, 0.05) is 15.5 Å². The van der Waals surface area contributed by atoms with Gasteiger partial charge in [-0.2, -0.15) is 0 Å². The van der Waals surface area contributed by atoms with Crippen LogP contribution in [-0.4, -0.2) is 4.98 Å². The number of rotatable bonds is 3. The summed E-state index contributed by atoms with van der Waals surface area (Å²) in [6.45, 7) is 3.94. The zero-order valence-electron chi connectivity index (χ0n) is 10.0. The summed E-state index contributed by atoms with van der Waals surface area (Å²) in [5.74, 6) is -0.258. The molecule has 0 saturated heterocycles. The summed E-state index contributed by atoms with van der Waals surface area (Å²) >= 11 is 11.3. The molecule has 96 valence electrons. The van der Waals surface area contributed by atoms with Crippen molar-refractivity contribution in [3.63, 3.8) is 0 Å². The van der Waals surface area contributed by atoms with E-state index in [1.54, 1.807) is 23.5 Å². The van der Waals surface area contributed by atoms with Crippen LogP contribution >= 0.6 is 38.9 Å². The van der Waals surface area contributed by atoms with Crippen molar-refractivity contribution in [2.75, 3.05) is 0 Å². The Morgan fingerprint density at radius 1 is 1.44 bits per heavy atom. The normalized spacial score (nSPS) is 12.7. The Morgan fingerprint density at radius 2 is 2.17 bits per heavy atom. The molecule has 2 rings (SSSR count). The van der Waals surface area contributed by atoms with E-state index in [0.717, 1.165) is 15.6 Å². The molecule has 0 bridgehead atoms. The van der Waals surface area contributed by atoms with E-state index in [1.807, 2.05) is 13.8 Å². The average Bonchev–Trinajstić information content (AvgIpc) is 2.63. The lowest BCUT2D eigenvalue weighted by Crippen LogP contribution is -1.99. The van der Waals surface area contributed by atoms with E-state index in [2.05, 4.69) is 20.9 Å². The van der Waals surface area contributed by atoms with Crippen LogP contribution in [0.3, 0.4) is 0 Å². The van der Waals surface area contributed by atoms with E-state index in [9.17, 15) is 4.39 Å². The molecule has 5 heteroatoms. The fourth-order valence-electron chi connectivity index (χ4n) is 1.84. The van der Waals surface area contributed by atoms with E-state index in [1.165, 1.54) is 6.07 Å². The molecule has 0 aliphatic rings. The predicted molar refractivity (Wildman–Crippen MR) is 78.4 cm³/mol. The molecule has 0 radical (unpaired) electrons. The van der Waals surface area contributed by atoms with Gasteiger partial charge in [0.1, 0.15) is 5.82 Å². The summed E-state index contributed by atoms with van der Waals surface area (Å²) in [4.78, 5) is 5.55. The van der Waals surface area contributed by atoms with Gasteiger partial charge in [0.2, 0.25) is 0 Å². The number of aromatic nitrogens is 1. The molecule has 2 aromatic rings. The first-order valence-corrected chi connectivity index (χ1v) is 7.61. The fraction of sp³-hybridized carbons (Fsp3) is 0.308. The van der Waals surface area contributed by atoms with Gasteiger partial charge in [-0.1, -0.05) is 33.6 Å². The molecule has 0 saturated carbocycles. The Labute approximate surface area is 123 Å². The maximum atomic E-state index is 13.7. The van der Waals surface area contributed by atoms with Gasteiger partial charge < -0.3 is 0 Å². The second-order valence-corrected chi connectivity index (χ2v) is 6.80. The lowest BCUT2D eigenvalue weighted by Gasteiger charge is -2.11. The van der Waals surface area contributed by atoms with Crippen molar-refractivity contribution >= 4 is 38.9 Å². The lowest BCUT2D eigenvalue weighted by atomic mass is 10.1. The van der Waals surface area contributed by atoms with Crippen molar-refractivity contribution in [1.82, 2.24) is 4.98 Å². The molecule has 0 aliphatic carbocycles. The maximum absolute atomic E-state index is 13.7. The summed E-state index contributed by atoms with van der Waals surface area (Å²) in [5.41, 5.74) is 1.54. The second kappa shape index (κ2) is 5.68. The van der Waals surface area contributed by atoms with Gasteiger partial charge in [0.25, 0.3) is 0 Å². The Balaban J connectivity index is 2.26. The number of thiazole rings is 1. The highest BCUT2D eigenvalue weighted by molar-refractivity contribution is 9.09. The van der Waals surface area contributed by atoms with Gasteiger partial charge in [-0.3, -0.25) is 0 Å². The van der Waals surface area contributed by atoms with Gasteiger partial charge in [0.05, 0.1) is 15.5 Å². The average molecular weight is 349 g/mol. The number of nitrogens with zero attached hydrogens (tertiary/aromatic N) is 1. The van der Waals surface area contributed by atoms with Crippen molar-refractivity contribution < 1.29 is 4.39 Å². The number of hydrogen-bond acceptors (Lipinski definition) is 2. The van der Waals surface area contributed by atoms with Crippen LogP contribution < -0.4 is 0 Å². The topological polar surface area (TPSA) is 12.9 Å². The summed E-state index contributed by atoms with van der Waals surface area (Å²) in [6.07, 6.45) is 0.522. The summed E-state index contributed by atoms with van der Waals surface area (Å²) in [7, 11) is 0. The molecule has 0 spiro atoms. The fourth-order valence-corrected chi connectivity index (χ4v) is 3.92. The Morgan fingerprint density at radius 3 is 2.72 bits per heavy atom. The first-order valence-electron chi connectivity index (χ1n) is 5.50. The molecule has 0 amide bonds. The zero-order chi connectivity index (χ0) is 13.3. The van der Waals surface area contributed by atoms with Crippen LogP contribution in [-0.2, 0) is 6.42 Å². The minimum atomic E-state index is -0.258. The lowest BCUT2D eigenvalue weighted by molar-refractivity contribution is 0.608. The second-order valence-electron chi connectivity index (χ2n) is 4.05. The van der Waals surface area contributed by atoms with Crippen LogP contribution in [0.4, 0.5) is 4.39 Å². The van der Waals surface area contributed by atoms with Crippen molar-refractivity contribution in [2.24, 2.45) is 0 Å². The number of hydrogen-bond donors (Lipinski definition) is 0. The minimum absolute atomic E-state index is 0.0399. The molecule has 1 aromatic heterocycles. The highest BCUT2D eigenvalue weighted by Crippen LogP contribution is 2.35. The van der Waals surface area contributed by atoms with E-state index < -0.39 is 0 Å². The van der Waals surface area contributed by atoms with Crippen molar-refractivity contribution in [1.29, 1.82) is 0 Å². The van der Waals surface area contributed by atoms with E-state index >= 15 is 0 Å². The molecular formula is C13H12BrClFNS. The highest BCUT2D eigenvalue weighted by atomic mass is 79.9. The van der Waals surface area contributed by atoms with Crippen LogP contribution in [0.15, 0.2) is 18.2 Å². The van der Waals surface area contributed by atoms with Gasteiger partial charge in [-0.05, 0) is 32.4 Å². The standard InChI is InChI=1S/C13H12BrClFNS/c1-7-13(18-8(2)17-7)10(14)6-9-11(15)4-3-5-12(9)16/h3-5,10H,6H2,1-2H3. The molecule has 0 aliphatic heterocycles. The number of alkyl halides is 1. The Hall–Kier alpha value is -0.450. The SMILES string of the molecule is Cc1nc(C)c(C(Br)Cc2c(F)cccc2Cl)s1. The van der Waals surface area contributed by atoms with Crippen LogP contribution in [0.1, 0.15) is 26.0 Å². The summed E-state index contributed by atoms with van der Waals surface area (Å²) < 4.78 is 13.7. The van der Waals surface area contributed by atoms with E-state index in [4.69, 9.17) is 11.6 Å². The number of aryl methyl sites for hydroxylation is 2. The quantitative estimate of drug-likeness (QED) is 0.692. The molecular weight excluding hydrogens is 337 g/mol. The minimum Gasteiger partial charge on any atom is -0.247 e. The molecule has 1 aromatic carbocycles. The molecule has 0 fully saturated rings. The van der Waals surface area contributed by atoms with E-state index in [0.29, 0.717) is 17.0 Å². The third-order valence-electron chi connectivity index (χ3n) is 2.67. The largest absolute Gasteiger partial charge is 0.247 e. The van der Waals surface area contributed by atoms with Gasteiger partial charge in [-0.15, -0.1) is 11.3 Å². The summed E-state index contributed by atoms with van der Waals surface area (Å²) in [6, 6.07) is 4.77. The zero-order valence-corrected chi connectivity index (χ0v) is 13.2. The van der Waals surface area contributed by atoms with Gasteiger partial charge in [-0.25, -0.2) is 9.37 Å². The van der Waals surface area contributed by atoms with Gasteiger partial charge >= 0.3 is 0 Å². The van der Waals surface area contributed by atoms with Crippen LogP contribution in [0.25, 0.3) is 0 Å². The predicted octanol–water partition coefficient (Wildman–Crippen LogP) is 5.23. The number of benzene rings is 1. The molecule has 1 nitrogen and oxygen atoms in total. The van der Waals surface area contributed by atoms with Crippen LogP contribution in [0.5, 0.6) is 0 Å². The smallest absolute Gasteiger partial charge is 0.127 e. The first kappa shape index (κ1) is 14.0. The maximum Gasteiger partial charge on any atom is 0.127 e. The molecule has 1 heterocycles. The molecule has 18 heavy (non-hydrogen) atoms. The molecule has 1 unspecified atom stereocenters. The van der Waals surface area contributed by atoms with Crippen molar-refractivity contribution in [3.05, 3.63) is 50.2 Å². The van der Waals surface area contributed by atoms with E-state index in [-0.39, 0.29) is 10.6 Å².